The molecular weight excluding hydrogens is 246 g/mol. The van der Waals surface area contributed by atoms with E-state index in [0.29, 0.717) is 0 Å². The van der Waals surface area contributed by atoms with Crippen molar-refractivity contribution in [3.05, 3.63) is 71.3 Å². The van der Waals surface area contributed by atoms with E-state index in [1.807, 2.05) is 18.2 Å². The van der Waals surface area contributed by atoms with Gasteiger partial charge in [0.25, 0.3) is 0 Å². The largest absolute Gasteiger partial charge is 0.388 e. The topological polar surface area (TPSA) is 23.5 Å². The molecule has 0 aliphatic carbocycles. The highest BCUT2D eigenvalue weighted by atomic mass is 16.3. The molecule has 0 fully saturated rings. The summed E-state index contributed by atoms with van der Waals surface area (Å²) in [4.78, 5) is 2.24. The number of aliphatic hydroxyl groups is 1. The molecule has 0 bridgehead atoms. The lowest BCUT2D eigenvalue weighted by atomic mass is 10.0. The summed E-state index contributed by atoms with van der Waals surface area (Å²) in [6.45, 7) is 3.85. The molecule has 1 atom stereocenters. The van der Waals surface area contributed by atoms with Crippen LogP contribution in [0.5, 0.6) is 0 Å². The van der Waals surface area contributed by atoms with Crippen molar-refractivity contribution >= 4 is 0 Å². The Morgan fingerprint density at radius 1 is 1.05 bits per heavy atom. The van der Waals surface area contributed by atoms with Crippen molar-refractivity contribution < 1.29 is 5.11 Å². The van der Waals surface area contributed by atoms with Crippen LogP contribution in [0.25, 0.3) is 0 Å². The summed E-state index contributed by atoms with van der Waals surface area (Å²) in [6, 6.07) is 18.5. The van der Waals surface area contributed by atoms with Crippen LogP contribution in [-0.4, -0.2) is 23.6 Å². The first-order valence-electron chi connectivity index (χ1n) is 7.12. The van der Waals surface area contributed by atoms with Gasteiger partial charge in [0.2, 0.25) is 0 Å². The van der Waals surface area contributed by atoms with Crippen molar-refractivity contribution in [2.45, 2.75) is 26.0 Å². The van der Waals surface area contributed by atoms with E-state index < -0.39 is 0 Å². The van der Waals surface area contributed by atoms with Crippen LogP contribution in [0.15, 0.2) is 54.6 Å². The molecule has 0 radical (unpaired) electrons. The van der Waals surface area contributed by atoms with Crippen LogP contribution in [0.1, 0.15) is 29.2 Å². The van der Waals surface area contributed by atoms with Gasteiger partial charge >= 0.3 is 0 Å². The molecule has 0 saturated carbocycles. The Balaban J connectivity index is 1.82. The first-order chi connectivity index (χ1) is 9.65. The van der Waals surface area contributed by atoms with Crippen molar-refractivity contribution in [3.63, 3.8) is 0 Å². The summed E-state index contributed by atoms with van der Waals surface area (Å²) in [5.74, 6) is 0. The number of benzene rings is 2. The molecule has 1 N–H and O–H groups in total. The van der Waals surface area contributed by atoms with Crippen molar-refractivity contribution in [2.75, 3.05) is 13.6 Å². The van der Waals surface area contributed by atoms with Crippen LogP contribution in [0, 0.1) is 6.92 Å². The number of rotatable bonds is 6. The molecule has 0 spiro atoms. The first kappa shape index (κ1) is 14.8. The molecule has 0 amide bonds. The normalized spacial score (nSPS) is 12.6. The lowest BCUT2D eigenvalue weighted by Crippen LogP contribution is -2.20. The second kappa shape index (κ2) is 7.22. The van der Waals surface area contributed by atoms with Crippen LogP contribution in [0.2, 0.25) is 0 Å². The third-order valence-corrected chi connectivity index (χ3v) is 3.51. The second-order valence-corrected chi connectivity index (χ2v) is 5.44. The molecule has 0 heterocycles. The Morgan fingerprint density at radius 2 is 1.80 bits per heavy atom. The molecule has 2 heteroatoms. The zero-order chi connectivity index (χ0) is 14.4. The summed E-state index contributed by atoms with van der Waals surface area (Å²) < 4.78 is 0. The van der Waals surface area contributed by atoms with Crippen LogP contribution in [0.4, 0.5) is 0 Å². The summed E-state index contributed by atoms with van der Waals surface area (Å²) in [7, 11) is 2.09. The van der Waals surface area contributed by atoms with Gasteiger partial charge in [0.05, 0.1) is 6.10 Å². The first-order valence-corrected chi connectivity index (χ1v) is 7.12. The van der Waals surface area contributed by atoms with Gasteiger partial charge in [-0.05, 0) is 31.5 Å². The Bertz CT molecular complexity index is 524. The van der Waals surface area contributed by atoms with Gasteiger partial charge < -0.3 is 10.0 Å². The molecule has 0 unspecified atom stereocenters. The molecule has 0 aliphatic rings. The minimum Gasteiger partial charge on any atom is -0.388 e. The molecule has 2 nitrogen and oxygen atoms in total. The number of hydrogen-bond acceptors (Lipinski definition) is 2. The van der Waals surface area contributed by atoms with Crippen LogP contribution >= 0.6 is 0 Å². The predicted molar refractivity (Wildman–Crippen MR) is 83.5 cm³/mol. The van der Waals surface area contributed by atoms with Gasteiger partial charge in [-0.25, -0.2) is 0 Å². The van der Waals surface area contributed by atoms with E-state index in [1.165, 1.54) is 11.1 Å². The van der Waals surface area contributed by atoms with E-state index in [-0.39, 0.29) is 6.10 Å². The lowest BCUT2D eigenvalue weighted by molar-refractivity contribution is 0.147. The summed E-state index contributed by atoms with van der Waals surface area (Å²) in [5, 5.41) is 10.2. The molecule has 2 aromatic carbocycles. The highest BCUT2D eigenvalue weighted by Gasteiger charge is 2.09. The van der Waals surface area contributed by atoms with Crippen LogP contribution < -0.4 is 0 Å². The van der Waals surface area contributed by atoms with Gasteiger partial charge in [0.1, 0.15) is 0 Å². The molecule has 2 aromatic rings. The standard InChI is InChI=1S/C18H23NO/c1-15-7-6-10-17(13-15)18(20)11-12-19(2)14-16-8-4-3-5-9-16/h3-10,13,18,20H,11-12,14H2,1-2H3/t18-/m1/s1. The molecular formula is C18H23NO. The van der Waals surface area contributed by atoms with Gasteiger partial charge in [0.15, 0.2) is 0 Å². The maximum absolute atomic E-state index is 10.2. The second-order valence-electron chi connectivity index (χ2n) is 5.44. The summed E-state index contributed by atoms with van der Waals surface area (Å²) in [6.07, 6.45) is 0.375. The number of hydrogen-bond donors (Lipinski definition) is 1. The third-order valence-electron chi connectivity index (χ3n) is 3.51. The van der Waals surface area contributed by atoms with E-state index in [1.54, 1.807) is 0 Å². The highest BCUT2D eigenvalue weighted by molar-refractivity contribution is 5.24. The van der Waals surface area contributed by atoms with Crippen LogP contribution in [0.3, 0.4) is 0 Å². The fraction of sp³-hybridized carbons (Fsp3) is 0.333. The zero-order valence-electron chi connectivity index (χ0n) is 12.3. The van der Waals surface area contributed by atoms with Crippen LogP contribution in [-0.2, 0) is 6.54 Å². The third kappa shape index (κ3) is 4.48. The van der Waals surface area contributed by atoms with Gasteiger partial charge in [-0.3, -0.25) is 0 Å². The quantitative estimate of drug-likeness (QED) is 0.867. The fourth-order valence-corrected chi connectivity index (χ4v) is 2.36. The summed E-state index contributed by atoms with van der Waals surface area (Å²) in [5.41, 5.74) is 3.51. The number of aryl methyl sites for hydroxylation is 1. The Kier molecular flexibility index (Phi) is 5.33. The molecule has 20 heavy (non-hydrogen) atoms. The summed E-state index contributed by atoms with van der Waals surface area (Å²) >= 11 is 0. The SMILES string of the molecule is Cc1cccc([C@H](O)CCN(C)Cc2ccccc2)c1. The number of nitrogens with zero attached hydrogens (tertiary/aromatic N) is 1. The van der Waals surface area contributed by atoms with E-state index >= 15 is 0 Å². The van der Waals surface area contributed by atoms with E-state index in [9.17, 15) is 5.11 Å². The fourth-order valence-electron chi connectivity index (χ4n) is 2.36. The number of aliphatic hydroxyl groups excluding tert-OH is 1. The van der Waals surface area contributed by atoms with Crippen molar-refractivity contribution in [1.29, 1.82) is 0 Å². The minimum atomic E-state index is -0.381. The van der Waals surface area contributed by atoms with E-state index in [0.717, 1.165) is 25.1 Å². The lowest BCUT2D eigenvalue weighted by Gasteiger charge is -2.19. The van der Waals surface area contributed by atoms with Gasteiger partial charge in [0, 0.05) is 13.1 Å². The smallest absolute Gasteiger partial charge is 0.0802 e. The zero-order valence-corrected chi connectivity index (χ0v) is 12.3. The van der Waals surface area contributed by atoms with Gasteiger partial charge in [-0.1, -0.05) is 60.2 Å². The van der Waals surface area contributed by atoms with E-state index in [2.05, 4.69) is 55.3 Å². The molecule has 106 valence electrons. The Morgan fingerprint density at radius 3 is 2.50 bits per heavy atom. The van der Waals surface area contributed by atoms with Crippen molar-refractivity contribution in [3.8, 4) is 0 Å². The Hall–Kier alpha value is -1.64. The average Bonchev–Trinajstić information content (AvgIpc) is 2.46. The molecule has 0 aromatic heterocycles. The maximum atomic E-state index is 10.2. The predicted octanol–water partition coefficient (Wildman–Crippen LogP) is 3.55. The maximum Gasteiger partial charge on any atom is 0.0802 e. The highest BCUT2D eigenvalue weighted by Crippen LogP contribution is 2.18. The Labute approximate surface area is 121 Å². The van der Waals surface area contributed by atoms with Gasteiger partial charge in [-0.2, -0.15) is 0 Å². The van der Waals surface area contributed by atoms with Crippen molar-refractivity contribution in [2.24, 2.45) is 0 Å². The molecule has 0 aliphatic heterocycles. The monoisotopic (exact) mass is 269 g/mol. The van der Waals surface area contributed by atoms with Gasteiger partial charge in [-0.15, -0.1) is 0 Å². The average molecular weight is 269 g/mol. The molecule has 2 rings (SSSR count). The minimum absolute atomic E-state index is 0.381. The molecule has 0 saturated heterocycles. The van der Waals surface area contributed by atoms with Crippen molar-refractivity contribution in [1.82, 2.24) is 4.90 Å². The van der Waals surface area contributed by atoms with E-state index in [4.69, 9.17) is 0 Å².